The lowest BCUT2D eigenvalue weighted by molar-refractivity contribution is 0.333. The van der Waals surface area contributed by atoms with Crippen molar-refractivity contribution in [3.8, 4) is 11.4 Å². The van der Waals surface area contributed by atoms with Crippen LogP contribution in [-0.4, -0.2) is 28.2 Å². The zero-order valence-electron chi connectivity index (χ0n) is 14.5. The van der Waals surface area contributed by atoms with Crippen LogP contribution in [-0.2, 0) is 0 Å². The van der Waals surface area contributed by atoms with Crippen LogP contribution >= 0.6 is 11.3 Å². The number of piperidine rings is 1. The van der Waals surface area contributed by atoms with Crippen LogP contribution < -0.4 is 4.90 Å². The predicted molar refractivity (Wildman–Crippen MR) is 104 cm³/mol. The molecule has 1 aliphatic rings. The van der Waals surface area contributed by atoms with Gasteiger partial charge in [0, 0.05) is 18.7 Å². The molecule has 4 aromatic rings. The van der Waals surface area contributed by atoms with Gasteiger partial charge in [0.25, 0.3) is 0 Å². The minimum atomic E-state index is -0.307. The fraction of sp³-hybridized carbons (Fsp3) is 0.250. The van der Waals surface area contributed by atoms with Crippen molar-refractivity contribution in [2.45, 2.75) is 18.8 Å². The second-order valence-corrected chi connectivity index (χ2v) is 7.73. The maximum atomic E-state index is 13.4. The number of aromatic nitrogens is 3. The molecule has 27 heavy (non-hydrogen) atoms. The van der Waals surface area contributed by atoms with Crippen LogP contribution in [0.5, 0.6) is 0 Å². The lowest BCUT2D eigenvalue weighted by Gasteiger charge is -2.30. The Kier molecular flexibility index (Phi) is 4.09. The van der Waals surface area contributed by atoms with Crippen molar-refractivity contribution in [2.24, 2.45) is 0 Å². The molecule has 136 valence electrons. The smallest absolute Gasteiger partial charge is 0.231 e. The van der Waals surface area contributed by atoms with Gasteiger partial charge in [0.2, 0.25) is 11.7 Å². The second-order valence-electron chi connectivity index (χ2n) is 6.72. The van der Waals surface area contributed by atoms with E-state index in [0.717, 1.165) is 36.6 Å². The maximum absolute atomic E-state index is 13.4. The molecule has 2 aromatic carbocycles. The Balaban J connectivity index is 1.38. The number of halogens is 1. The molecule has 0 saturated carbocycles. The molecule has 1 saturated heterocycles. The minimum absolute atomic E-state index is 0.153. The van der Waals surface area contributed by atoms with Gasteiger partial charge in [-0.05, 0) is 37.1 Å². The molecule has 1 fully saturated rings. The Bertz CT molecular complexity index is 1060. The number of hydrogen-bond acceptors (Lipinski definition) is 6. The van der Waals surface area contributed by atoms with E-state index in [4.69, 9.17) is 9.51 Å². The molecule has 0 spiro atoms. The van der Waals surface area contributed by atoms with Crippen molar-refractivity contribution in [1.82, 2.24) is 15.1 Å². The molecule has 0 radical (unpaired) electrons. The summed E-state index contributed by atoms with van der Waals surface area (Å²) in [5.74, 6) is 0.890. The van der Waals surface area contributed by atoms with Gasteiger partial charge in [-0.2, -0.15) is 4.98 Å². The van der Waals surface area contributed by atoms with Crippen LogP contribution in [0.25, 0.3) is 21.6 Å². The molecule has 0 aliphatic carbocycles. The quantitative estimate of drug-likeness (QED) is 0.508. The highest BCUT2D eigenvalue weighted by molar-refractivity contribution is 7.22. The molecular weight excluding hydrogens is 363 g/mol. The normalized spacial score (nSPS) is 17.5. The van der Waals surface area contributed by atoms with Gasteiger partial charge < -0.3 is 9.42 Å². The summed E-state index contributed by atoms with van der Waals surface area (Å²) in [4.78, 5) is 11.6. The Hall–Kier alpha value is -2.80. The van der Waals surface area contributed by atoms with Crippen molar-refractivity contribution in [1.29, 1.82) is 0 Å². The molecule has 7 heteroatoms. The third-order valence-corrected chi connectivity index (χ3v) is 5.95. The number of fused-ring (bicyclic) bond motifs is 1. The lowest BCUT2D eigenvalue weighted by Crippen LogP contribution is -2.34. The average Bonchev–Trinajstić information content (AvgIpc) is 3.35. The van der Waals surface area contributed by atoms with E-state index < -0.39 is 0 Å². The van der Waals surface area contributed by atoms with E-state index in [1.807, 2.05) is 18.2 Å². The first-order chi connectivity index (χ1) is 13.3. The van der Waals surface area contributed by atoms with Crippen LogP contribution in [0, 0.1) is 5.82 Å². The standard InChI is InChI=1S/C20H17FN4OS/c21-15-7-3-5-13(11-15)18-23-19(26-24-18)14-6-4-10-25(12-14)20-22-16-8-1-2-9-17(16)27-20/h1-3,5,7-9,11,14H,4,6,10,12H2. The number of hydrogen-bond donors (Lipinski definition) is 0. The first kappa shape index (κ1) is 16.4. The highest BCUT2D eigenvalue weighted by Crippen LogP contribution is 2.34. The van der Waals surface area contributed by atoms with Crippen LogP contribution in [0.1, 0.15) is 24.7 Å². The summed E-state index contributed by atoms with van der Waals surface area (Å²) in [5, 5.41) is 5.08. The largest absolute Gasteiger partial charge is 0.347 e. The average molecular weight is 380 g/mol. The van der Waals surface area contributed by atoms with Crippen LogP contribution in [0.15, 0.2) is 53.1 Å². The van der Waals surface area contributed by atoms with Crippen molar-refractivity contribution >= 4 is 26.7 Å². The number of benzene rings is 2. The molecule has 0 bridgehead atoms. The monoisotopic (exact) mass is 380 g/mol. The van der Waals surface area contributed by atoms with Gasteiger partial charge in [0.05, 0.1) is 16.1 Å². The van der Waals surface area contributed by atoms with Crippen molar-refractivity contribution in [2.75, 3.05) is 18.0 Å². The zero-order chi connectivity index (χ0) is 18.2. The summed E-state index contributed by atoms with van der Waals surface area (Å²) < 4.78 is 20.2. The molecule has 1 atom stereocenters. The molecule has 1 aliphatic heterocycles. The number of para-hydroxylation sites is 1. The van der Waals surface area contributed by atoms with Crippen LogP contribution in [0.3, 0.4) is 0 Å². The summed E-state index contributed by atoms with van der Waals surface area (Å²) in [6.45, 7) is 1.77. The Morgan fingerprint density at radius 3 is 2.93 bits per heavy atom. The maximum Gasteiger partial charge on any atom is 0.231 e. The molecule has 3 heterocycles. The number of thiazole rings is 1. The highest BCUT2D eigenvalue weighted by Gasteiger charge is 2.28. The molecular formula is C20H17FN4OS. The summed E-state index contributed by atoms with van der Waals surface area (Å²) >= 11 is 1.71. The highest BCUT2D eigenvalue weighted by atomic mass is 32.1. The summed E-state index contributed by atoms with van der Waals surface area (Å²) in [7, 11) is 0. The molecule has 1 unspecified atom stereocenters. The van der Waals surface area contributed by atoms with Gasteiger partial charge in [-0.25, -0.2) is 9.37 Å². The van der Waals surface area contributed by atoms with Gasteiger partial charge in [0.15, 0.2) is 5.13 Å². The summed E-state index contributed by atoms with van der Waals surface area (Å²) in [5.41, 5.74) is 1.66. The zero-order valence-corrected chi connectivity index (χ0v) is 15.3. The van der Waals surface area contributed by atoms with Gasteiger partial charge in [-0.3, -0.25) is 0 Å². The molecule has 0 amide bonds. The Morgan fingerprint density at radius 2 is 2.04 bits per heavy atom. The van der Waals surface area contributed by atoms with Gasteiger partial charge in [-0.1, -0.05) is 40.8 Å². The fourth-order valence-corrected chi connectivity index (χ4v) is 4.49. The SMILES string of the molecule is Fc1cccc(-c2noc(C3CCCN(c4nc5ccccc5s4)C3)n2)c1. The van der Waals surface area contributed by atoms with Crippen molar-refractivity contribution < 1.29 is 8.91 Å². The third-order valence-electron chi connectivity index (χ3n) is 4.85. The van der Waals surface area contributed by atoms with Gasteiger partial charge in [0.1, 0.15) is 5.82 Å². The summed E-state index contributed by atoms with van der Waals surface area (Å²) in [6.07, 6.45) is 2.03. The molecule has 2 aromatic heterocycles. The van der Waals surface area contributed by atoms with E-state index in [0.29, 0.717) is 17.3 Å². The number of anilines is 1. The van der Waals surface area contributed by atoms with Gasteiger partial charge >= 0.3 is 0 Å². The number of nitrogens with zero attached hydrogens (tertiary/aromatic N) is 4. The van der Waals surface area contributed by atoms with E-state index in [-0.39, 0.29) is 11.7 Å². The lowest BCUT2D eigenvalue weighted by atomic mass is 9.98. The second kappa shape index (κ2) is 6.74. The van der Waals surface area contributed by atoms with E-state index in [9.17, 15) is 4.39 Å². The molecule has 5 rings (SSSR count). The van der Waals surface area contributed by atoms with Crippen molar-refractivity contribution in [3.63, 3.8) is 0 Å². The predicted octanol–water partition coefficient (Wildman–Crippen LogP) is 4.87. The van der Waals surface area contributed by atoms with Crippen molar-refractivity contribution in [3.05, 3.63) is 60.2 Å². The van der Waals surface area contributed by atoms with E-state index in [2.05, 4.69) is 21.1 Å². The third kappa shape index (κ3) is 3.19. The summed E-state index contributed by atoms with van der Waals surface area (Å²) in [6, 6.07) is 14.4. The topological polar surface area (TPSA) is 55.1 Å². The Labute approximate surface area is 159 Å². The van der Waals surface area contributed by atoms with E-state index in [1.54, 1.807) is 23.5 Å². The van der Waals surface area contributed by atoms with E-state index >= 15 is 0 Å². The van der Waals surface area contributed by atoms with Gasteiger partial charge in [-0.15, -0.1) is 0 Å². The fourth-order valence-electron chi connectivity index (χ4n) is 3.49. The molecule has 0 N–H and O–H groups in total. The first-order valence-electron chi connectivity index (χ1n) is 8.96. The minimum Gasteiger partial charge on any atom is -0.347 e. The molecule has 5 nitrogen and oxygen atoms in total. The van der Waals surface area contributed by atoms with Crippen LogP contribution in [0.2, 0.25) is 0 Å². The van der Waals surface area contributed by atoms with Crippen LogP contribution in [0.4, 0.5) is 9.52 Å². The number of rotatable bonds is 3. The van der Waals surface area contributed by atoms with E-state index in [1.165, 1.54) is 16.8 Å². The first-order valence-corrected chi connectivity index (χ1v) is 9.78. The Morgan fingerprint density at radius 1 is 1.11 bits per heavy atom.